The zero-order valence-electron chi connectivity index (χ0n) is 9.08. The van der Waals surface area contributed by atoms with Gasteiger partial charge in [-0.3, -0.25) is 0 Å². The van der Waals surface area contributed by atoms with E-state index in [2.05, 4.69) is 12.2 Å². The van der Waals surface area contributed by atoms with Gasteiger partial charge in [-0.2, -0.15) is 0 Å². The third kappa shape index (κ3) is 2.57. The molecule has 2 N–H and O–H groups in total. The molecule has 0 bridgehead atoms. The molecule has 2 rings (SSSR count). The second-order valence-electron chi connectivity index (χ2n) is 4.41. The Morgan fingerprint density at radius 2 is 2.19 bits per heavy atom. The van der Waals surface area contributed by atoms with E-state index in [1.165, 1.54) is 6.07 Å². The molecule has 0 heterocycles. The molecule has 0 radical (unpaired) electrons. The van der Waals surface area contributed by atoms with Gasteiger partial charge in [0.15, 0.2) is 0 Å². The minimum absolute atomic E-state index is 0.141. The van der Waals surface area contributed by atoms with Crippen LogP contribution in [0.15, 0.2) is 18.2 Å². The molecule has 1 aromatic rings. The Morgan fingerprint density at radius 1 is 1.50 bits per heavy atom. The van der Waals surface area contributed by atoms with Crippen LogP contribution in [0.2, 0.25) is 0 Å². The molecule has 0 spiro atoms. The molecular formula is C12H15F2NO. The molecule has 4 heteroatoms. The topological polar surface area (TPSA) is 32.3 Å². The fraction of sp³-hybridized carbons (Fsp3) is 0.500. The average molecular weight is 227 g/mol. The SMILES string of the molecule is CC1CC1NCC(O)c1ccc(F)cc1F. The van der Waals surface area contributed by atoms with Crippen LogP contribution in [0.25, 0.3) is 0 Å². The van der Waals surface area contributed by atoms with Crippen LogP contribution < -0.4 is 5.32 Å². The highest BCUT2D eigenvalue weighted by atomic mass is 19.1. The third-order valence-electron chi connectivity index (χ3n) is 3.00. The van der Waals surface area contributed by atoms with Crippen molar-refractivity contribution >= 4 is 0 Å². The fourth-order valence-electron chi connectivity index (χ4n) is 1.75. The molecule has 1 saturated carbocycles. The monoisotopic (exact) mass is 227 g/mol. The molecule has 3 unspecified atom stereocenters. The van der Waals surface area contributed by atoms with Gasteiger partial charge < -0.3 is 10.4 Å². The van der Waals surface area contributed by atoms with Crippen LogP contribution in [-0.4, -0.2) is 17.7 Å². The molecule has 1 aliphatic rings. The Morgan fingerprint density at radius 3 is 2.75 bits per heavy atom. The summed E-state index contributed by atoms with van der Waals surface area (Å²) in [6.45, 7) is 2.42. The lowest BCUT2D eigenvalue weighted by Crippen LogP contribution is -2.25. The zero-order valence-corrected chi connectivity index (χ0v) is 9.08. The minimum atomic E-state index is -0.923. The summed E-state index contributed by atoms with van der Waals surface area (Å²) in [6, 6.07) is 3.66. The molecule has 88 valence electrons. The van der Waals surface area contributed by atoms with E-state index in [1.807, 2.05) is 0 Å². The number of hydrogen-bond acceptors (Lipinski definition) is 2. The zero-order chi connectivity index (χ0) is 11.7. The summed E-state index contributed by atoms with van der Waals surface area (Å²) >= 11 is 0. The minimum Gasteiger partial charge on any atom is -0.387 e. The smallest absolute Gasteiger partial charge is 0.131 e. The van der Waals surface area contributed by atoms with Crippen molar-refractivity contribution in [3.8, 4) is 0 Å². The lowest BCUT2D eigenvalue weighted by atomic mass is 10.1. The molecule has 1 aliphatic carbocycles. The van der Waals surface area contributed by atoms with Gasteiger partial charge in [-0.15, -0.1) is 0 Å². The van der Waals surface area contributed by atoms with E-state index in [0.29, 0.717) is 18.5 Å². The van der Waals surface area contributed by atoms with Gasteiger partial charge in [-0.1, -0.05) is 13.0 Å². The van der Waals surface area contributed by atoms with Gasteiger partial charge in [0.2, 0.25) is 0 Å². The maximum Gasteiger partial charge on any atom is 0.131 e. The van der Waals surface area contributed by atoms with Gasteiger partial charge in [-0.25, -0.2) is 8.78 Å². The summed E-state index contributed by atoms with van der Waals surface area (Å²) in [5.74, 6) is -0.694. The predicted octanol–water partition coefficient (Wildman–Crippen LogP) is 2.00. The lowest BCUT2D eigenvalue weighted by Gasteiger charge is -2.12. The standard InChI is InChI=1S/C12H15F2NO/c1-7-4-11(7)15-6-12(16)9-3-2-8(13)5-10(9)14/h2-3,5,7,11-12,15-16H,4,6H2,1H3. The van der Waals surface area contributed by atoms with Gasteiger partial charge in [0.1, 0.15) is 11.6 Å². The van der Waals surface area contributed by atoms with Gasteiger partial charge in [-0.05, 0) is 18.4 Å². The summed E-state index contributed by atoms with van der Waals surface area (Å²) in [5.41, 5.74) is 0.141. The highest BCUT2D eigenvalue weighted by molar-refractivity contribution is 5.21. The van der Waals surface area contributed by atoms with Crippen molar-refractivity contribution in [3.05, 3.63) is 35.4 Å². The molecular weight excluding hydrogens is 212 g/mol. The van der Waals surface area contributed by atoms with E-state index in [4.69, 9.17) is 0 Å². The van der Waals surface area contributed by atoms with E-state index >= 15 is 0 Å². The van der Waals surface area contributed by atoms with Crippen LogP contribution in [0.3, 0.4) is 0 Å². The number of aliphatic hydroxyl groups excluding tert-OH is 1. The van der Waals surface area contributed by atoms with E-state index in [9.17, 15) is 13.9 Å². The quantitative estimate of drug-likeness (QED) is 0.824. The lowest BCUT2D eigenvalue weighted by molar-refractivity contribution is 0.169. The number of halogens is 2. The molecule has 0 aliphatic heterocycles. The van der Waals surface area contributed by atoms with Gasteiger partial charge in [0, 0.05) is 24.2 Å². The summed E-state index contributed by atoms with van der Waals surface area (Å²) in [4.78, 5) is 0. The van der Waals surface area contributed by atoms with Gasteiger partial charge >= 0.3 is 0 Å². The van der Waals surface area contributed by atoms with Crippen LogP contribution in [0.5, 0.6) is 0 Å². The van der Waals surface area contributed by atoms with Crippen LogP contribution in [0.1, 0.15) is 25.0 Å². The second kappa shape index (κ2) is 4.47. The van der Waals surface area contributed by atoms with E-state index in [1.54, 1.807) is 0 Å². The van der Waals surface area contributed by atoms with Crippen LogP contribution in [-0.2, 0) is 0 Å². The Balaban J connectivity index is 1.94. The maximum absolute atomic E-state index is 13.3. The Hall–Kier alpha value is -1.00. The van der Waals surface area contributed by atoms with Gasteiger partial charge in [0.25, 0.3) is 0 Å². The van der Waals surface area contributed by atoms with Crippen LogP contribution in [0.4, 0.5) is 8.78 Å². The van der Waals surface area contributed by atoms with Crippen molar-refractivity contribution in [2.24, 2.45) is 5.92 Å². The Bertz CT molecular complexity index is 383. The van der Waals surface area contributed by atoms with E-state index < -0.39 is 17.7 Å². The van der Waals surface area contributed by atoms with Crippen molar-refractivity contribution in [2.45, 2.75) is 25.5 Å². The second-order valence-corrected chi connectivity index (χ2v) is 4.41. The summed E-state index contributed by atoms with van der Waals surface area (Å²) in [5, 5.41) is 12.9. The first kappa shape index (κ1) is 11.5. The van der Waals surface area contributed by atoms with Gasteiger partial charge in [0.05, 0.1) is 6.10 Å². The normalized spacial score (nSPS) is 25.5. The maximum atomic E-state index is 13.3. The summed E-state index contributed by atoms with van der Waals surface area (Å²) < 4.78 is 25.9. The van der Waals surface area contributed by atoms with Crippen molar-refractivity contribution < 1.29 is 13.9 Å². The third-order valence-corrected chi connectivity index (χ3v) is 3.00. The molecule has 3 atom stereocenters. The fourth-order valence-corrected chi connectivity index (χ4v) is 1.75. The predicted molar refractivity (Wildman–Crippen MR) is 56.9 cm³/mol. The highest BCUT2D eigenvalue weighted by Crippen LogP contribution is 2.29. The van der Waals surface area contributed by atoms with Crippen LogP contribution >= 0.6 is 0 Å². The summed E-state index contributed by atoms with van der Waals surface area (Å²) in [6.07, 6.45) is 0.173. The number of benzene rings is 1. The molecule has 0 saturated heterocycles. The summed E-state index contributed by atoms with van der Waals surface area (Å²) in [7, 11) is 0. The first-order valence-electron chi connectivity index (χ1n) is 5.44. The highest BCUT2D eigenvalue weighted by Gasteiger charge is 2.32. The molecule has 1 aromatic carbocycles. The molecule has 0 amide bonds. The first-order chi connectivity index (χ1) is 7.58. The van der Waals surface area contributed by atoms with Crippen LogP contribution in [0, 0.1) is 17.6 Å². The molecule has 16 heavy (non-hydrogen) atoms. The average Bonchev–Trinajstić information content (AvgIpc) is 2.91. The van der Waals surface area contributed by atoms with Crippen molar-refractivity contribution in [2.75, 3.05) is 6.54 Å². The first-order valence-corrected chi connectivity index (χ1v) is 5.44. The Labute approximate surface area is 93.3 Å². The number of nitrogens with one attached hydrogen (secondary N) is 1. The Kier molecular flexibility index (Phi) is 3.21. The number of hydrogen-bond donors (Lipinski definition) is 2. The van der Waals surface area contributed by atoms with E-state index in [0.717, 1.165) is 18.6 Å². The largest absolute Gasteiger partial charge is 0.387 e. The number of aliphatic hydroxyl groups is 1. The molecule has 1 fully saturated rings. The van der Waals surface area contributed by atoms with E-state index in [-0.39, 0.29) is 5.56 Å². The molecule has 0 aromatic heterocycles. The molecule has 2 nitrogen and oxygen atoms in total. The van der Waals surface area contributed by atoms with Crippen molar-refractivity contribution in [3.63, 3.8) is 0 Å². The number of rotatable bonds is 4. The van der Waals surface area contributed by atoms with Crippen molar-refractivity contribution in [1.82, 2.24) is 5.32 Å². The van der Waals surface area contributed by atoms with Crippen molar-refractivity contribution in [1.29, 1.82) is 0 Å².